The van der Waals surface area contributed by atoms with Gasteiger partial charge in [0.1, 0.15) is 0 Å². The number of thioether (sulfide) groups is 1. The average Bonchev–Trinajstić information content (AvgIpc) is 2.75. The van der Waals surface area contributed by atoms with Crippen molar-refractivity contribution in [3.63, 3.8) is 0 Å². The van der Waals surface area contributed by atoms with Gasteiger partial charge in [-0.15, -0.1) is 0 Å². The summed E-state index contributed by atoms with van der Waals surface area (Å²) in [7, 11) is 5.36. The molecule has 0 aliphatic carbocycles. The van der Waals surface area contributed by atoms with Crippen LogP contribution in [0.2, 0.25) is 0 Å². The van der Waals surface area contributed by atoms with E-state index in [-0.39, 0.29) is 11.9 Å². The maximum atomic E-state index is 11.8. The van der Waals surface area contributed by atoms with Crippen LogP contribution in [-0.4, -0.2) is 59.3 Å². The van der Waals surface area contributed by atoms with E-state index in [0.29, 0.717) is 18.3 Å². The number of likely N-dealkylation sites (N-methyl/N-ethyl adjacent to an activating group) is 2. The van der Waals surface area contributed by atoms with E-state index in [2.05, 4.69) is 10.1 Å². The van der Waals surface area contributed by atoms with Crippen LogP contribution in [-0.2, 0) is 17.1 Å². The third-order valence-electron chi connectivity index (χ3n) is 2.63. The topological polar surface area (TPSA) is 62.5 Å². The van der Waals surface area contributed by atoms with Crippen molar-refractivity contribution in [2.45, 2.75) is 25.3 Å². The monoisotopic (exact) mass is 272 g/mol. The first-order chi connectivity index (χ1) is 8.45. The molecule has 18 heavy (non-hydrogen) atoms. The lowest BCUT2D eigenvalue weighted by atomic mass is 10.2. The molecular formula is C11H20N4O2S. The second-order valence-electron chi connectivity index (χ2n) is 4.36. The van der Waals surface area contributed by atoms with Crippen LogP contribution in [0.1, 0.15) is 18.6 Å². The molecule has 0 N–H and O–H groups in total. The Hall–Kier alpha value is -1.08. The van der Waals surface area contributed by atoms with Crippen LogP contribution in [0.3, 0.4) is 0 Å². The number of carbonyl (C=O) groups is 1. The Bertz CT molecular complexity index is 394. The minimum atomic E-state index is -0.212. The average molecular weight is 272 g/mol. The molecule has 102 valence electrons. The maximum Gasteiger partial charge on any atom is 0.240 e. The third-order valence-corrected chi connectivity index (χ3v) is 3.17. The van der Waals surface area contributed by atoms with Crippen molar-refractivity contribution in [2.24, 2.45) is 0 Å². The zero-order valence-corrected chi connectivity index (χ0v) is 12.3. The molecule has 1 aromatic heterocycles. The highest BCUT2D eigenvalue weighted by atomic mass is 32.2. The molecule has 0 saturated heterocycles. The highest BCUT2D eigenvalue weighted by Crippen LogP contribution is 2.09. The van der Waals surface area contributed by atoms with Crippen molar-refractivity contribution in [1.82, 2.24) is 19.9 Å². The first kappa shape index (κ1) is 15.0. The minimum absolute atomic E-state index is 0.0568. The van der Waals surface area contributed by atoms with Gasteiger partial charge in [0.25, 0.3) is 0 Å². The van der Waals surface area contributed by atoms with E-state index in [9.17, 15) is 4.79 Å². The molecule has 7 heteroatoms. The number of hydrogen-bond acceptors (Lipinski definition) is 6. The smallest absolute Gasteiger partial charge is 0.240 e. The molecule has 0 unspecified atom stereocenters. The van der Waals surface area contributed by atoms with Crippen LogP contribution in [0, 0.1) is 0 Å². The summed E-state index contributed by atoms with van der Waals surface area (Å²) >= 11 is 1.64. The molecule has 1 amide bonds. The molecule has 0 aliphatic rings. The Kier molecular flexibility index (Phi) is 5.61. The van der Waals surface area contributed by atoms with Gasteiger partial charge >= 0.3 is 0 Å². The molecule has 0 bridgehead atoms. The normalized spacial score (nSPS) is 12.8. The Labute approximate surface area is 112 Å². The predicted molar refractivity (Wildman–Crippen MR) is 71.1 cm³/mol. The Morgan fingerprint density at radius 1 is 1.44 bits per heavy atom. The van der Waals surface area contributed by atoms with E-state index < -0.39 is 0 Å². The third kappa shape index (κ3) is 3.99. The van der Waals surface area contributed by atoms with Gasteiger partial charge in [-0.3, -0.25) is 9.69 Å². The van der Waals surface area contributed by atoms with Crippen LogP contribution in [0.25, 0.3) is 0 Å². The highest BCUT2D eigenvalue weighted by Gasteiger charge is 2.21. The van der Waals surface area contributed by atoms with Crippen molar-refractivity contribution >= 4 is 17.7 Å². The van der Waals surface area contributed by atoms with Crippen LogP contribution >= 0.6 is 11.8 Å². The van der Waals surface area contributed by atoms with Crippen LogP contribution in [0.4, 0.5) is 0 Å². The summed E-state index contributed by atoms with van der Waals surface area (Å²) in [5.74, 6) is 2.03. The molecule has 1 aromatic rings. The molecule has 6 nitrogen and oxygen atoms in total. The van der Waals surface area contributed by atoms with E-state index in [1.807, 2.05) is 25.1 Å². The van der Waals surface area contributed by atoms with Gasteiger partial charge in [-0.05, 0) is 20.2 Å². The fourth-order valence-electron chi connectivity index (χ4n) is 1.45. The summed E-state index contributed by atoms with van der Waals surface area (Å²) in [6.07, 6.45) is 1.99. The van der Waals surface area contributed by atoms with Crippen molar-refractivity contribution < 1.29 is 9.32 Å². The Morgan fingerprint density at radius 2 is 2.11 bits per heavy atom. The first-order valence-electron chi connectivity index (χ1n) is 5.67. The molecule has 0 saturated carbocycles. The number of amides is 1. The number of nitrogens with zero attached hydrogens (tertiary/aromatic N) is 4. The van der Waals surface area contributed by atoms with Gasteiger partial charge in [-0.1, -0.05) is 5.16 Å². The van der Waals surface area contributed by atoms with E-state index in [4.69, 9.17) is 4.52 Å². The molecule has 1 heterocycles. The summed E-state index contributed by atoms with van der Waals surface area (Å²) in [6, 6.07) is -0.212. The molecule has 1 rings (SSSR count). The predicted octanol–water partition coefficient (Wildman–Crippen LogP) is 0.841. The van der Waals surface area contributed by atoms with Gasteiger partial charge in [0.15, 0.2) is 5.82 Å². The zero-order chi connectivity index (χ0) is 13.7. The largest absolute Gasteiger partial charge is 0.347 e. The molecule has 1 atom stereocenters. The fourth-order valence-corrected chi connectivity index (χ4v) is 1.83. The summed E-state index contributed by atoms with van der Waals surface area (Å²) in [5.41, 5.74) is 0. The quantitative estimate of drug-likeness (QED) is 0.765. The van der Waals surface area contributed by atoms with Crippen LogP contribution in [0.5, 0.6) is 0 Å². The minimum Gasteiger partial charge on any atom is -0.347 e. The summed E-state index contributed by atoms with van der Waals surface area (Å²) in [6.45, 7) is 2.34. The Balaban J connectivity index is 2.57. The van der Waals surface area contributed by atoms with E-state index in [0.717, 1.165) is 5.75 Å². The van der Waals surface area contributed by atoms with Crippen LogP contribution in [0.15, 0.2) is 4.52 Å². The molecule has 0 aliphatic heterocycles. The van der Waals surface area contributed by atoms with E-state index in [1.54, 1.807) is 30.8 Å². The second kappa shape index (κ2) is 6.75. The highest BCUT2D eigenvalue weighted by molar-refractivity contribution is 7.97. The maximum absolute atomic E-state index is 11.8. The number of rotatable bonds is 6. The lowest BCUT2D eigenvalue weighted by molar-refractivity contribution is -0.133. The first-order valence-corrected chi connectivity index (χ1v) is 7.07. The SMILES string of the molecule is CSCc1noc(CN(C)[C@H](C)C(=O)N(C)C)n1. The van der Waals surface area contributed by atoms with Gasteiger partial charge in [0, 0.05) is 14.1 Å². The lowest BCUT2D eigenvalue weighted by Crippen LogP contribution is -2.42. The van der Waals surface area contributed by atoms with Crippen molar-refractivity contribution in [2.75, 3.05) is 27.4 Å². The van der Waals surface area contributed by atoms with E-state index >= 15 is 0 Å². The lowest BCUT2D eigenvalue weighted by Gasteiger charge is -2.24. The van der Waals surface area contributed by atoms with E-state index in [1.165, 1.54) is 0 Å². The van der Waals surface area contributed by atoms with Crippen molar-refractivity contribution in [3.05, 3.63) is 11.7 Å². The fraction of sp³-hybridized carbons (Fsp3) is 0.727. The Morgan fingerprint density at radius 3 is 2.67 bits per heavy atom. The summed E-state index contributed by atoms with van der Waals surface area (Å²) in [4.78, 5) is 19.5. The van der Waals surface area contributed by atoms with Crippen LogP contribution < -0.4 is 0 Å². The molecule has 0 fully saturated rings. The number of hydrogen-bond donors (Lipinski definition) is 0. The van der Waals surface area contributed by atoms with Gasteiger partial charge < -0.3 is 9.42 Å². The zero-order valence-electron chi connectivity index (χ0n) is 11.5. The molecular weight excluding hydrogens is 252 g/mol. The van der Waals surface area contributed by atoms with Crippen molar-refractivity contribution in [1.29, 1.82) is 0 Å². The van der Waals surface area contributed by atoms with Gasteiger partial charge in [-0.2, -0.15) is 16.7 Å². The van der Waals surface area contributed by atoms with Gasteiger partial charge in [0.05, 0.1) is 18.3 Å². The number of aromatic nitrogens is 2. The van der Waals surface area contributed by atoms with Gasteiger partial charge in [0.2, 0.25) is 11.8 Å². The summed E-state index contributed by atoms with van der Waals surface area (Å²) in [5, 5.41) is 3.87. The summed E-state index contributed by atoms with van der Waals surface area (Å²) < 4.78 is 5.14. The molecule has 0 aromatic carbocycles. The number of carbonyl (C=O) groups excluding carboxylic acids is 1. The van der Waals surface area contributed by atoms with Crippen molar-refractivity contribution in [3.8, 4) is 0 Å². The second-order valence-corrected chi connectivity index (χ2v) is 5.23. The molecule has 0 spiro atoms. The molecule has 0 radical (unpaired) electrons. The standard InChI is InChI=1S/C11H20N4O2S/c1-8(11(16)14(2)3)15(4)6-10-12-9(7-18-5)13-17-10/h8H,6-7H2,1-5H3/t8-/m1/s1. The van der Waals surface area contributed by atoms with Gasteiger partial charge in [-0.25, -0.2) is 0 Å².